The monoisotopic (exact) mass is 270 g/mol. The van der Waals surface area contributed by atoms with Crippen LogP contribution in [0.1, 0.15) is 25.5 Å². The summed E-state index contributed by atoms with van der Waals surface area (Å²) in [6.07, 6.45) is 0. The molecular formula is C14H20F2N2O. The summed E-state index contributed by atoms with van der Waals surface area (Å²) in [5, 5.41) is 3.39. The van der Waals surface area contributed by atoms with E-state index in [9.17, 15) is 8.78 Å². The summed E-state index contributed by atoms with van der Waals surface area (Å²) in [4.78, 5) is 2.35. The van der Waals surface area contributed by atoms with E-state index in [0.29, 0.717) is 6.04 Å². The molecule has 1 aliphatic rings. The second-order valence-electron chi connectivity index (χ2n) is 4.98. The Balaban J connectivity index is 2.07. The van der Waals surface area contributed by atoms with E-state index in [-0.39, 0.29) is 11.8 Å². The normalized spacial score (nSPS) is 22.5. The van der Waals surface area contributed by atoms with Crippen molar-refractivity contribution in [1.29, 1.82) is 0 Å². The van der Waals surface area contributed by atoms with Crippen LogP contribution >= 0.6 is 0 Å². The molecule has 0 spiro atoms. The highest BCUT2D eigenvalue weighted by Crippen LogP contribution is 2.25. The average Bonchev–Trinajstić information content (AvgIpc) is 2.37. The molecule has 1 N–H and O–H groups in total. The van der Waals surface area contributed by atoms with Crippen molar-refractivity contribution in [2.24, 2.45) is 0 Å². The average molecular weight is 270 g/mol. The second kappa shape index (κ2) is 6.30. The quantitative estimate of drug-likeness (QED) is 0.910. The number of hydrogen-bond acceptors (Lipinski definition) is 3. The van der Waals surface area contributed by atoms with Crippen molar-refractivity contribution >= 4 is 0 Å². The number of halogens is 2. The lowest BCUT2D eigenvalue weighted by Crippen LogP contribution is -2.49. The Labute approximate surface area is 112 Å². The Bertz CT molecular complexity index is 414. The molecule has 2 unspecified atom stereocenters. The van der Waals surface area contributed by atoms with Gasteiger partial charge in [0, 0.05) is 31.7 Å². The Morgan fingerprint density at radius 1 is 1.42 bits per heavy atom. The molecule has 0 amide bonds. The highest BCUT2D eigenvalue weighted by Gasteiger charge is 2.21. The van der Waals surface area contributed by atoms with Crippen LogP contribution in [0.2, 0.25) is 0 Å². The molecule has 0 aromatic heterocycles. The lowest BCUT2D eigenvalue weighted by molar-refractivity contribution is -0.0499. The summed E-state index contributed by atoms with van der Waals surface area (Å²) in [5.74, 6) is 0.225. The van der Waals surface area contributed by atoms with Crippen molar-refractivity contribution in [1.82, 2.24) is 10.2 Å². The standard InChI is InChI=1S/C14H20F2N2O/c1-10-9-18(7-6-17-10)11(2)12-4-3-5-13(8-12)19-14(15)16/h3-5,8,10-11,14,17H,6-7,9H2,1-2H3. The predicted molar refractivity (Wildman–Crippen MR) is 70.5 cm³/mol. The van der Waals surface area contributed by atoms with Gasteiger partial charge in [0.25, 0.3) is 0 Å². The van der Waals surface area contributed by atoms with Gasteiger partial charge in [0.05, 0.1) is 0 Å². The summed E-state index contributed by atoms with van der Waals surface area (Å²) in [6, 6.07) is 7.62. The minimum absolute atomic E-state index is 0.200. The van der Waals surface area contributed by atoms with Crippen molar-refractivity contribution in [2.45, 2.75) is 32.5 Å². The van der Waals surface area contributed by atoms with E-state index in [0.717, 1.165) is 25.2 Å². The van der Waals surface area contributed by atoms with E-state index in [1.54, 1.807) is 18.2 Å². The number of benzene rings is 1. The maximum Gasteiger partial charge on any atom is 0.387 e. The topological polar surface area (TPSA) is 24.5 Å². The zero-order valence-electron chi connectivity index (χ0n) is 11.3. The minimum Gasteiger partial charge on any atom is -0.435 e. The molecule has 1 fully saturated rings. The molecule has 1 aromatic carbocycles. The number of nitrogens with zero attached hydrogens (tertiary/aromatic N) is 1. The van der Waals surface area contributed by atoms with Crippen LogP contribution in [0.25, 0.3) is 0 Å². The molecule has 1 saturated heterocycles. The van der Waals surface area contributed by atoms with Crippen molar-refractivity contribution in [3.05, 3.63) is 29.8 Å². The second-order valence-corrected chi connectivity index (χ2v) is 4.98. The summed E-state index contributed by atoms with van der Waals surface area (Å²) in [7, 11) is 0. The zero-order valence-corrected chi connectivity index (χ0v) is 11.3. The maximum atomic E-state index is 12.2. The predicted octanol–water partition coefficient (Wildman–Crippen LogP) is 2.64. The van der Waals surface area contributed by atoms with Gasteiger partial charge in [-0.1, -0.05) is 12.1 Å². The number of rotatable bonds is 4. The van der Waals surface area contributed by atoms with Gasteiger partial charge in [-0.2, -0.15) is 8.78 Å². The molecule has 2 rings (SSSR count). The Morgan fingerprint density at radius 2 is 2.21 bits per heavy atom. The molecule has 1 heterocycles. The van der Waals surface area contributed by atoms with Gasteiger partial charge in [0.1, 0.15) is 5.75 Å². The van der Waals surface area contributed by atoms with E-state index in [1.165, 1.54) is 0 Å². The minimum atomic E-state index is -2.77. The zero-order chi connectivity index (χ0) is 13.8. The summed E-state index contributed by atoms with van der Waals surface area (Å²) >= 11 is 0. The van der Waals surface area contributed by atoms with Crippen molar-refractivity contribution in [2.75, 3.05) is 19.6 Å². The SMILES string of the molecule is CC1CN(C(C)c2cccc(OC(F)F)c2)CCN1. The van der Waals surface area contributed by atoms with Gasteiger partial charge in [-0.05, 0) is 31.5 Å². The summed E-state index contributed by atoms with van der Waals surface area (Å²) < 4.78 is 28.9. The Morgan fingerprint density at radius 3 is 2.89 bits per heavy atom. The highest BCUT2D eigenvalue weighted by atomic mass is 19.3. The lowest BCUT2D eigenvalue weighted by atomic mass is 10.0. The molecule has 0 bridgehead atoms. The van der Waals surface area contributed by atoms with Gasteiger partial charge < -0.3 is 10.1 Å². The fourth-order valence-electron chi connectivity index (χ4n) is 2.48. The van der Waals surface area contributed by atoms with Gasteiger partial charge in [-0.15, -0.1) is 0 Å². The lowest BCUT2D eigenvalue weighted by Gasteiger charge is -2.36. The first-order chi connectivity index (χ1) is 9.06. The summed E-state index contributed by atoms with van der Waals surface area (Å²) in [6.45, 7) is 4.35. The first kappa shape index (κ1) is 14.2. The van der Waals surface area contributed by atoms with Crippen LogP contribution < -0.4 is 10.1 Å². The number of alkyl halides is 2. The van der Waals surface area contributed by atoms with Crippen LogP contribution in [0, 0.1) is 0 Å². The molecule has 5 heteroatoms. The first-order valence-corrected chi connectivity index (χ1v) is 6.58. The van der Waals surface area contributed by atoms with Gasteiger partial charge in [-0.3, -0.25) is 4.90 Å². The van der Waals surface area contributed by atoms with E-state index < -0.39 is 6.61 Å². The number of ether oxygens (including phenoxy) is 1. The van der Waals surface area contributed by atoms with Gasteiger partial charge in [-0.25, -0.2) is 0 Å². The van der Waals surface area contributed by atoms with Crippen molar-refractivity contribution in [3.8, 4) is 5.75 Å². The number of piperazine rings is 1. The third-order valence-electron chi connectivity index (χ3n) is 3.51. The van der Waals surface area contributed by atoms with Gasteiger partial charge >= 0.3 is 6.61 Å². The van der Waals surface area contributed by atoms with E-state index in [1.807, 2.05) is 6.07 Å². The number of hydrogen-bond donors (Lipinski definition) is 1. The molecule has 0 aliphatic carbocycles. The first-order valence-electron chi connectivity index (χ1n) is 6.58. The van der Waals surface area contributed by atoms with Crippen LogP contribution in [0.3, 0.4) is 0 Å². The summed E-state index contributed by atoms with van der Waals surface area (Å²) in [5.41, 5.74) is 1.01. The van der Waals surface area contributed by atoms with E-state index in [4.69, 9.17) is 0 Å². The van der Waals surface area contributed by atoms with Crippen LogP contribution in [0.15, 0.2) is 24.3 Å². The van der Waals surface area contributed by atoms with Gasteiger partial charge in [0.2, 0.25) is 0 Å². The molecule has 0 saturated carbocycles. The van der Waals surface area contributed by atoms with Gasteiger partial charge in [0.15, 0.2) is 0 Å². The Kier molecular flexibility index (Phi) is 4.71. The van der Waals surface area contributed by atoms with Crippen LogP contribution in [-0.2, 0) is 0 Å². The van der Waals surface area contributed by atoms with Crippen molar-refractivity contribution in [3.63, 3.8) is 0 Å². The molecule has 3 nitrogen and oxygen atoms in total. The number of nitrogens with one attached hydrogen (secondary N) is 1. The molecule has 1 aliphatic heterocycles. The van der Waals surface area contributed by atoms with Crippen LogP contribution in [0.4, 0.5) is 8.78 Å². The van der Waals surface area contributed by atoms with Crippen LogP contribution in [-0.4, -0.2) is 37.2 Å². The molecule has 2 atom stereocenters. The fourth-order valence-corrected chi connectivity index (χ4v) is 2.48. The molecule has 106 valence electrons. The third kappa shape index (κ3) is 3.88. The Hall–Kier alpha value is -1.20. The smallest absolute Gasteiger partial charge is 0.387 e. The maximum absolute atomic E-state index is 12.2. The molecule has 0 radical (unpaired) electrons. The largest absolute Gasteiger partial charge is 0.435 e. The molecule has 1 aromatic rings. The molecule has 19 heavy (non-hydrogen) atoms. The van der Waals surface area contributed by atoms with Crippen molar-refractivity contribution < 1.29 is 13.5 Å². The van der Waals surface area contributed by atoms with E-state index in [2.05, 4.69) is 28.8 Å². The molecular weight excluding hydrogens is 250 g/mol. The van der Waals surface area contributed by atoms with E-state index >= 15 is 0 Å². The fraction of sp³-hybridized carbons (Fsp3) is 0.571. The third-order valence-corrected chi connectivity index (χ3v) is 3.51. The highest BCUT2D eigenvalue weighted by molar-refractivity contribution is 5.30. The van der Waals surface area contributed by atoms with Crippen LogP contribution in [0.5, 0.6) is 5.75 Å².